The van der Waals surface area contributed by atoms with Crippen LogP contribution < -0.4 is 10.0 Å². The van der Waals surface area contributed by atoms with Crippen LogP contribution in [0.5, 0.6) is 0 Å². The number of rotatable bonds is 6. The number of nitro benzene ring substituents is 1. The molecule has 9 heteroatoms. The predicted molar refractivity (Wildman–Crippen MR) is 98.6 cm³/mol. The number of hydrogen-bond donors (Lipinski definition) is 2. The summed E-state index contributed by atoms with van der Waals surface area (Å²) in [6, 6.07) is 10.6. The van der Waals surface area contributed by atoms with E-state index in [1.54, 1.807) is 50.2 Å². The molecule has 2 aromatic carbocycles. The van der Waals surface area contributed by atoms with Crippen molar-refractivity contribution in [3.8, 4) is 0 Å². The molecule has 0 fully saturated rings. The highest BCUT2D eigenvalue weighted by atomic mass is 32.2. The summed E-state index contributed by atoms with van der Waals surface area (Å²) in [7, 11) is -3.42. The maximum absolute atomic E-state index is 12.5. The van der Waals surface area contributed by atoms with Gasteiger partial charge in [0.25, 0.3) is 11.6 Å². The van der Waals surface area contributed by atoms with E-state index in [0.717, 1.165) is 6.26 Å². The molecule has 1 amide bonds. The Morgan fingerprint density at radius 1 is 1.19 bits per heavy atom. The summed E-state index contributed by atoms with van der Waals surface area (Å²) in [4.78, 5) is 23.2. The zero-order chi connectivity index (χ0) is 19.5. The summed E-state index contributed by atoms with van der Waals surface area (Å²) in [5, 5.41) is 13.9. The third-order valence-corrected chi connectivity index (χ3v) is 4.31. The van der Waals surface area contributed by atoms with Crippen molar-refractivity contribution in [2.45, 2.75) is 19.9 Å². The van der Waals surface area contributed by atoms with Gasteiger partial charge in [-0.3, -0.25) is 19.6 Å². The van der Waals surface area contributed by atoms with E-state index in [4.69, 9.17) is 0 Å². The van der Waals surface area contributed by atoms with Gasteiger partial charge in [0.15, 0.2) is 0 Å². The smallest absolute Gasteiger partial charge is 0.285 e. The Morgan fingerprint density at radius 2 is 1.85 bits per heavy atom. The number of para-hydroxylation sites is 1. The van der Waals surface area contributed by atoms with Crippen molar-refractivity contribution in [3.63, 3.8) is 0 Å². The summed E-state index contributed by atoms with van der Waals surface area (Å²) in [5.41, 5.74) is 1.17. The van der Waals surface area contributed by atoms with Crippen LogP contribution in [0.2, 0.25) is 0 Å². The molecule has 1 atom stereocenters. The van der Waals surface area contributed by atoms with Gasteiger partial charge < -0.3 is 5.32 Å². The van der Waals surface area contributed by atoms with Gasteiger partial charge in [-0.2, -0.15) is 0 Å². The van der Waals surface area contributed by atoms with E-state index in [1.165, 1.54) is 6.07 Å². The molecule has 0 aliphatic carbocycles. The van der Waals surface area contributed by atoms with Gasteiger partial charge in [-0.15, -0.1) is 0 Å². The molecule has 0 saturated heterocycles. The van der Waals surface area contributed by atoms with Gasteiger partial charge in [-0.05, 0) is 37.6 Å². The van der Waals surface area contributed by atoms with E-state index in [-0.39, 0.29) is 11.3 Å². The second-order valence-electron chi connectivity index (χ2n) is 5.92. The highest BCUT2D eigenvalue weighted by Gasteiger charge is 2.23. The Bertz CT molecular complexity index is 957. The summed E-state index contributed by atoms with van der Waals surface area (Å²) in [6.07, 6.45) is 1.04. The van der Waals surface area contributed by atoms with Gasteiger partial charge >= 0.3 is 0 Å². The molecule has 0 saturated carbocycles. The third kappa shape index (κ3) is 4.79. The van der Waals surface area contributed by atoms with Crippen LogP contribution in [0, 0.1) is 17.0 Å². The van der Waals surface area contributed by atoms with Crippen LogP contribution in [0.3, 0.4) is 0 Å². The average Bonchev–Trinajstić information content (AvgIpc) is 2.52. The first-order valence-corrected chi connectivity index (χ1v) is 9.60. The van der Waals surface area contributed by atoms with E-state index in [1.807, 2.05) is 0 Å². The maximum atomic E-state index is 12.5. The highest BCUT2D eigenvalue weighted by molar-refractivity contribution is 7.92. The van der Waals surface area contributed by atoms with Crippen molar-refractivity contribution in [2.24, 2.45) is 0 Å². The zero-order valence-electron chi connectivity index (χ0n) is 14.5. The standard InChI is InChI=1S/C17H19N3O5S/c1-11-6-4-9-15(16(11)20(22)23)17(21)18-12(2)13-7-5-8-14(10-13)19-26(3,24)25/h4-10,12,19H,1-3H3,(H,18,21)/t12-/m1/s1. The van der Waals surface area contributed by atoms with Gasteiger partial charge in [0.05, 0.1) is 17.2 Å². The van der Waals surface area contributed by atoms with Crippen molar-refractivity contribution in [1.82, 2.24) is 5.32 Å². The van der Waals surface area contributed by atoms with Gasteiger partial charge in [-0.1, -0.05) is 24.3 Å². The lowest BCUT2D eigenvalue weighted by molar-refractivity contribution is -0.385. The van der Waals surface area contributed by atoms with Gasteiger partial charge in [0.2, 0.25) is 10.0 Å². The molecule has 2 N–H and O–H groups in total. The van der Waals surface area contributed by atoms with Crippen molar-refractivity contribution in [1.29, 1.82) is 0 Å². The van der Waals surface area contributed by atoms with Gasteiger partial charge in [0, 0.05) is 11.3 Å². The molecular formula is C17H19N3O5S. The van der Waals surface area contributed by atoms with Crippen LogP contribution in [-0.2, 0) is 10.0 Å². The molecule has 0 heterocycles. The number of sulfonamides is 1. The third-order valence-electron chi connectivity index (χ3n) is 3.70. The Kier molecular flexibility index (Phi) is 5.61. The van der Waals surface area contributed by atoms with Gasteiger partial charge in [0.1, 0.15) is 5.56 Å². The molecule has 138 valence electrons. The topological polar surface area (TPSA) is 118 Å². The lowest BCUT2D eigenvalue weighted by Crippen LogP contribution is -2.27. The van der Waals surface area contributed by atoms with Crippen LogP contribution in [-0.4, -0.2) is 25.5 Å². The SMILES string of the molecule is Cc1cccc(C(=O)N[C@H](C)c2cccc(NS(C)(=O)=O)c2)c1[N+](=O)[O-]. The minimum absolute atomic E-state index is 0.0211. The molecule has 2 aromatic rings. The predicted octanol–water partition coefficient (Wildman–Crippen LogP) is 2.77. The molecule has 0 radical (unpaired) electrons. The molecule has 0 unspecified atom stereocenters. The molecule has 26 heavy (non-hydrogen) atoms. The van der Waals surface area contributed by atoms with Crippen LogP contribution >= 0.6 is 0 Å². The van der Waals surface area contributed by atoms with E-state index >= 15 is 0 Å². The summed E-state index contributed by atoms with van der Waals surface area (Å²) in [6.45, 7) is 3.28. The first kappa shape index (κ1) is 19.4. The number of nitro groups is 1. The minimum atomic E-state index is -3.42. The van der Waals surface area contributed by atoms with Crippen LogP contribution in [0.4, 0.5) is 11.4 Å². The molecule has 0 spiro atoms. The number of aryl methyl sites for hydroxylation is 1. The first-order chi connectivity index (χ1) is 12.1. The molecule has 0 aromatic heterocycles. The van der Waals surface area contributed by atoms with Crippen LogP contribution in [0.15, 0.2) is 42.5 Å². The van der Waals surface area contributed by atoms with Crippen molar-refractivity contribution in [2.75, 3.05) is 11.0 Å². The largest absolute Gasteiger partial charge is 0.345 e. The quantitative estimate of drug-likeness (QED) is 0.593. The van der Waals surface area contributed by atoms with Crippen molar-refractivity contribution < 1.29 is 18.1 Å². The number of nitrogens with zero attached hydrogens (tertiary/aromatic N) is 1. The van der Waals surface area contributed by atoms with E-state index < -0.39 is 26.9 Å². The van der Waals surface area contributed by atoms with Crippen molar-refractivity contribution in [3.05, 3.63) is 69.3 Å². The highest BCUT2D eigenvalue weighted by Crippen LogP contribution is 2.24. The number of carbonyl (C=O) groups is 1. The lowest BCUT2D eigenvalue weighted by Gasteiger charge is -2.16. The Hall–Kier alpha value is -2.94. The normalized spacial score (nSPS) is 12.3. The fourth-order valence-corrected chi connectivity index (χ4v) is 3.08. The second kappa shape index (κ2) is 7.52. The zero-order valence-corrected chi connectivity index (χ0v) is 15.3. The Morgan fingerprint density at radius 3 is 2.46 bits per heavy atom. The van der Waals surface area contributed by atoms with E-state index in [9.17, 15) is 23.3 Å². The summed E-state index contributed by atoms with van der Waals surface area (Å²) < 4.78 is 25.0. The molecular weight excluding hydrogens is 358 g/mol. The number of anilines is 1. The van der Waals surface area contributed by atoms with E-state index in [0.29, 0.717) is 16.8 Å². The molecule has 2 rings (SSSR count). The monoisotopic (exact) mass is 377 g/mol. The fourth-order valence-electron chi connectivity index (χ4n) is 2.53. The molecule has 0 aliphatic rings. The summed E-state index contributed by atoms with van der Waals surface area (Å²) in [5.74, 6) is -0.575. The number of carbonyl (C=O) groups excluding carboxylic acids is 1. The van der Waals surface area contributed by atoms with Gasteiger partial charge in [-0.25, -0.2) is 8.42 Å². The van der Waals surface area contributed by atoms with E-state index in [2.05, 4.69) is 10.0 Å². The number of nitrogens with one attached hydrogen (secondary N) is 2. The second-order valence-corrected chi connectivity index (χ2v) is 7.67. The van der Waals surface area contributed by atoms with Crippen LogP contribution in [0.1, 0.15) is 34.5 Å². The lowest BCUT2D eigenvalue weighted by atomic mass is 10.0. The molecule has 0 aliphatic heterocycles. The molecule has 8 nitrogen and oxygen atoms in total. The Balaban J connectivity index is 2.24. The molecule has 0 bridgehead atoms. The number of benzene rings is 2. The summed E-state index contributed by atoms with van der Waals surface area (Å²) >= 11 is 0. The van der Waals surface area contributed by atoms with Crippen LogP contribution in [0.25, 0.3) is 0 Å². The number of hydrogen-bond acceptors (Lipinski definition) is 5. The van der Waals surface area contributed by atoms with Crippen molar-refractivity contribution >= 4 is 27.3 Å². The Labute approximate surface area is 151 Å². The average molecular weight is 377 g/mol. The maximum Gasteiger partial charge on any atom is 0.285 e. The fraction of sp³-hybridized carbons (Fsp3) is 0.235. The first-order valence-electron chi connectivity index (χ1n) is 7.71. The minimum Gasteiger partial charge on any atom is -0.345 e. The number of amides is 1.